The van der Waals surface area contributed by atoms with Crippen LogP contribution < -0.4 is 0 Å². The highest BCUT2D eigenvalue weighted by atomic mass is 16.4. The average molecular weight is 306 g/mol. The van der Waals surface area contributed by atoms with Crippen molar-refractivity contribution >= 4 is 5.97 Å². The first-order valence-electron chi connectivity index (χ1n) is 8.94. The topological polar surface area (TPSA) is 37.3 Å². The number of carboxylic acids is 1. The van der Waals surface area contributed by atoms with E-state index in [0.717, 1.165) is 25.7 Å². The van der Waals surface area contributed by atoms with Gasteiger partial charge in [-0.1, -0.05) is 62.6 Å². The largest absolute Gasteiger partial charge is 0.481 e. The van der Waals surface area contributed by atoms with Gasteiger partial charge in [0.25, 0.3) is 0 Å². The zero-order valence-electron chi connectivity index (χ0n) is 14.3. The lowest BCUT2D eigenvalue weighted by Gasteiger charge is -1.95. The first kappa shape index (κ1) is 20.7. The molecule has 0 aromatic carbocycles. The summed E-state index contributed by atoms with van der Waals surface area (Å²) >= 11 is 0. The van der Waals surface area contributed by atoms with Gasteiger partial charge in [-0.25, -0.2) is 0 Å². The number of rotatable bonds is 15. The van der Waals surface area contributed by atoms with Crippen LogP contribution in [0.5, 0.6) is 0 Å². The third kappa shape index (κ3) is 18.7. The second-order valence-corrected chi connectivity index (χ2v) is 5.72. The maximum Gasteiger partial charge on any atom is 0.307 e. The summed E-state index contributed by atoms with van der Waals surface area (Å²) < 4.78 is 0. The number of aliphatic carboxylic acids is 1. The average Bonchev–Trinajstić information content (AvgIpc) is 2.50. The summed E-state index contributed by atoms with van der Waals surface area (Å²) in [5.41, 5.74) is 0. The Bertz CT molecular complexity index is 327. The van der Waals surface area contributed by atoms with Crippen LogP contribution in [0, 0.1) is 0 Å². The fourth-order valence-corrected chi connectivity index (χ4v) is 2.18. The third-order valence-corrected chi connectivity index (χ3v) is 3.51. The maximum atomic E-state index is 10.3. The minimum atomic E-state index is -0.753. The predicted molar refractivity (Wildman–Crippen MR) is 96.1 cm³/mol. The fourth-order valence-electron chi connectivity index (χ4n) is 2.18. The Balaban J connectivity index is 3.24. The van der Waals surface area contributed by atoms with E-state index in [1.54, 1.807) is 6.08 Å². The molecule has 0 aromatic rings. The van der Waals surface area contributed by atoms with Gasteiger partial charge in [-0.3, -0.25) is 4.79 Å². The van der Waals surface area contributed by atoms with E-state index in [0.29, 0.717) is 0 Å². The molecule has 0 rings (SSSR count). The van der Waals surface area contributed by atoms with Gasteiger partial charge in [0.2, 0.25) is 0 Å². The van der Waals surface area contributed by atoms with Crippen LogP contribution in [0.3, 0.4) is 0 Å². The second kappa shape index (κ2) is 17.7. The van der Waals surface area contributed by atoms with Crippen LogP contribution in [0.1, 0.15) is 84.0 Å². The molecule has 0 aliphatic heterocycles. The molecule has 0 unspecified atom stereocenters. The lowest BCUT2D eigenvalue weighted by molar-refractivity contribution is -0.136. The van der Waals surface area contributed by atoms with Gasteiger partial charge in [0.1, 0.15) is 0 Å². The minimum absolute atomic E-state index is 0.149. The van der Waals surface area contributed by atoms with Crippen molar-refractivity contribution in [2.45, 2.75) is 84.0 Å². The summed E-state index contributed by atoms with van der Waals surface area (Å²) in [7, 11) is 0. The molecule has 0 radical (unpaired) electrons. The first-order chi connectivity index (χ1) is 10.8. The highest BCUT2D eigenvalue weighted by Gasteiger charge is 1.89. The van der Waals surface area contributed by atoms with Gasteiger partial charge < -0.3 is 5.11 Å². The van der Waals surface area contributed by atoms with Crippen LogP contribution in [-0.4, -0.2) is 11.1 Å². The molecule has 2 heteroatoms. The molecule has 126 valence electrons. The molecule has 0 bridgehead atoms. The summed E-state index contributed by atoms with van der Waals surface area (Å²) in [6, 6.07) is 0. The van der Waals surface area contributed by atoms with Crippen molar-refractivity contribution < 1.29 is 9.90 Å². The number of hydrogen-bond donors (Lipinski definition) is 1. The van der Waals surface area contributed by atoms with E-state index in [-0.39, 0.29) is 6.42 Å². The minimum Gasteiger partial charge on any atom is -0.481 e. The van der Waals surface area contributed by atoms with Crippen LogP contribution in [0.2, 0.25) is 0 Å². The van der Waals surface area contributed by atoms with Gasteiger partial charge in [-0.2, -0.15) is 0 Å². The molecule has 0 spiro atoms. The van der Waals surface area contributed by atoms with Crippen LogP contribution in [-0.2, 0) is 4.79 Å². The number of unbranched alkanes of at least 4 members (excludes halogenated alkanes) is 8. The normalized spacial score (nSPS) is 12.0. The Labute approximate surface area is 137 Å². The number of allylic oxidation sites excluding steroid dienone is 5. The van der Waals surface area contributed by atoms with Crippen LogP contribution in [0.25, 0.3) is 0 Å². The van der Waals surface area contributed by atoms with E-state index in [1.165, 1.54) is 44.9 Å². The van der Waals surface area contributed by atoms with Gasteiger partial charge in [0.15, 0.2) is 0 Å². The second-order valence-electron chi connectivity index (χ2n) is 5.72. The van der Waals surface area contributed by atoms with E-state index in [4.69, 9.17) is 5.11 Å². The molecule has 0 saturated heterocycles. The first-order valence-corrected chi connectivity index (χ1v) is 8.94. The molecule has 0 aliphatic rings. The number of hydrogen-bond acceptors (Lipinski definition) is 1. The molecule has 0 fully saturated rings. The van der Waals surface area contributed by atoms with Crippen molar-refractivity contribution in [1.29, 1.82) is 0 Å². The fraction of sp³-hybridized carbons (Fsp3) is 0.650. The molecule has 22 heavy (non-hydrogen) atoms. The maximum absolute atomic E-state index is 10.3. The Hall–Kier alpha value is -1.31. The molecule has 0 aromatic heterocycles. The van der Waals surface area contributed by atoms with Crippen molar-refractivity contribution in [1.82, 2.24) is 0 Å². The van der Waals surface area contributed by atoms with Crippen molar-refractivity contribution in [3.05, 3.63) is 36.5 Å². The molecule has 0 saturated carbocycles. The monoisotopic (exact) mass is 306 g/mol. The van der Waals surface area contributed by atoms with E-state index in [1.807, 2.05) is 6.08 Å². The van der Waals surface area contributed by atoms with Gasteiger partial charge in [-0.15, -0.1) is 0 Å². The summed E-state index contributed by atoms with van der Waals surface area (Å²) in [5.74, 6) is -0.753. The summed E-state index contributed by atoms with van der Waals surface area (Å²) in [4.78, 5) is 10.3. The van der Waals surface area contributed by atoms with Crippen molar-refractivity contribution in [2.24, 2.45) is 0 Å². The van der Waals surface area contributed by atoms with E-state index in [9.17, 15) is 4.79 Å². The Morgan fingerprint density at radius 3 is 1.64 bits per heavy atom. The lowest BCUT2D eigenvalue weighted by atomic mass is 10.1. The van der Waals surface area contributed by atoms with E-state index in [2.05, 4.69) is 31.2 Å². The summed E-state index contributed by atoms with van der Waals surface area (Å²) in [6.45, 7) is 2.24. The predicted octanol–water partition coefficient (Wildman–Crippen LogP) is 6.44. The molecule has 0 heterocycles. The standard InChI is InChI=1S/C20H34O2/c1-2-3-4-5-6-7-8-9-10-11-12-13-14-15-16-17-18-19-20(21)22/h6-7,10-11,17-18H,2-5,8-9,12-16,19H2,1H3,(H,21,22). The molecule has 0 atom stereocenters. The SMILES string of the molecule is CCCCCC=CCCC=CCCCCCC=CCC(=O)O. The number of carboxylic acid groups (broad SMARTS) is 1. The van der Waals surface area contributed by atoms with Gasteiger partial charge in [-0.05, 0) is 51.4 Å². The van der Waals surface area contributed by atoms with E-state index >= 15 is 0 Å². The smallest absolute Gasteiger partial charge is 0.307 e. The molecule has 0 amide bonds. The van der Waals surface area contributed by atoms with Crippen LogP contribution >= 0.6 is 0 Å². The van der Waals surface area contributed by atoms with Gasteiger partial charge in [0, 0.05) is 0 Å². The molecular formula is C20H34O2. The summed E-state index contributed by atoms with van der Waals surface area (Å²) in [5, 5.41) is 8.48. The quantitative estimate of drug-likeness (QED) is 0.279. The molecule has 2 nitrogen and oxygen atoms in total. The van der Waals surface area contributed by atoms with Crippen molar-refractivity contribution in [2.75, 3.05) is 0 Å². The van der Waals surface area contributed by atoms with Crippen molar-refractivity contribution in [3.63, 3.8) is 0 Å². The molecule has 0 aliphatic carbocycles. The zero-order valence-corrected chi connectivity index (χ0v) is 14.3. The van der Waals surface area contributed by atoms with Gasteiger partial charge >= 0.3 is 5.97 Å². The van der Waals surface area contributed by atoms with E-state index < -0.39 is 5.97 Å². The zero-order chi connectivity index (χ0) is 16.3. The lowest BCUT2D eigenvalue weighted by Crippen LogP contribution is -1.89. The third-order valence-electron chi connectivity index (χ3n) is 3.51. The Morgan fingerprint density at radius 2 is 1.14 bits per heavy atom. The number of carbonyl (C=O) groups is 1. The highest BCUT2D eigenvalue weighted by molar-refractivity contribution is 5.68. The Kier molecular flexibility index (Phi) is 16.7. The molecule has 1 N–H and O–H groups in total. The summed E-state index contributed by atoms with van der Waals surface area (Å²) in [6.07, 6.45) is 26.4. The molecular weight excluding hydrogens is 272 g/mol. The Morgan fingerprint density at radius 1 is 0.682 bits per heavy atom. The van der Waals surface area contributed by atoms with Gasteiger partial charge in [0.05, 0.1) is 6.42 Å². The van der Waals surface area contributed by atoms with Crippen molar-refractivity contribution in [3.8, 4) is 0 Å². The van der Waals surface area contributed by atoms with Crippen LogP contribution in [0.15, 0.2) is 36.5 Å². The highest BCUT2D eigenvalue weighted by Crippen LogP contribution is 2.06. The van der Waals surface area contributed by atoms with Crippen LogP contribution in [0.4, 0.5) is 0 Å².